The number of nitrogens with two attached hydrogens (primary N) is 1. The summed E-state index contributed by atoms with van der Waals surface area (Å²) in [6, 6.07) is 8.07. The number of carbonyl (C=O) groups excluding carboxylic acids is 1. The van der Waals surface area contributed by atoms with Gasteiger partial charge in [0.15, 0.2) is 0 Å². The van der Waals surface area contributed by atoms with Gasteiger partial charge in [-0.2, -0.15) is 0 Å². The Bertz CT molecular complexity index is 502. The summed E-state index contributed by atoms with van der Waals surface area (Å²) < 4.78 is 1.09. The van der Waals surface area contributed by atoms with Crippen LogP contribution in [0.25, 0.3) is 0 Å². The first-order chi connectivity index (χ1) is 9.89. The molecule has 0 heterocycles. The highest BCUT2D eigenvalue weighted by molar-refractivity contribution is 9.10. The summed E-state index contributed by atoms with van der Waals surface area (Å²) in [5, 5.41) is 0. The van der Waals surface area contributed by atoms with Crippen LogP contribution >= 0.6 is 28.3 Å². The summed E-state index contributed by atoms with van der Waals surface area (Å²) in [5.41, 5.74) is 7.53. The van der Waals surface area contributed by atoms with Gasteiger partial charge in [-0.1, -0.05) is 48.3 Å². The van der Waals surface area contributed by atoms with Crippen molar-refractivity contribution in [2.45, 2.75) is 44.6 Å². The van der Waals surface area contributed by atoms with Gasteiger partial charge in [-0.3, -0.25) is 4.79 Å². The van der Waals surface area contributed by atoms with Crippen molar-refractivity contribution >= 4 is 34.2 Å². The van der Waals surface area contributed by atoms with Crippen LogP contribution in [0.3, 0.4) is 0 Å². The monoisotopic (exact) mass is 388 g/mol. The lowest BCUT2D eigenvalue weighted by molar-refractivity contribution is -0.132. The molecule has 1 fully saturated rings. The zero-order valence-corrected chi connectivity index (χ0v) is 15.9. The quantitative estimate of drug-likeness (QED) is 0.805. The summed E-state index contributed by atoms with van der Waals surface area (Å²) in [7, 11) is 1.88. The molecule has 0 aliphatic heterocycles. The first-order valence-corrected chi connectivity index (χ1v) is 8.45. The van der Waals surface area contributed by atoms with Gasteiger partial charge in [0.2, 0.25) is 5.91 Å². The lowest BCUT2D eigenvalue weighted by Gasteiger charge is -2.28. The van der Waals surface area contributed by atoms with E-state index in [1.165, 1.54) is 5.56 Å². The Labute approximate surface area is 148 Å². The normalized spacial score (nSPS) is 18.0. The average Bonchev–Trinajstić information content (AvgIpc) is 3.26. The third kappa shape index (κ3) is 4.24. The zero-order chi connectivity index (χ0) is 15.6. The van der Waals surface area contributed by atoms with E-state index in [-0.39, 0.29) is 35.7 Å². The van der Waals surface area contributed by atoms with Gasteiger partial charge in [0.25, 0.3) is 0 Å². The fourth-order valence-electron chi connectivity index (χ4n) is 2.78. The van der Waals surface area contributed by atoms with E-state index in [4.69, 9.17) is 5.73 Å². The number of benzene rings is 1. The highest BCUT2D eigenvalue weighted by atomic mass is 79.9. The Morgan fingerprint density at radius 2 is 1.91 bits per heavy atom. The number of hydrogen-bond acceptors (Lipinski definition) is 2. The van der Waals surface area contributed by atoms with E-state index in [1.54, 1.807) is 0 Å². The van der Waals surface area contributed by atoms with Crippen LogP contribution < -0.4 is 5.73 Å². The third-order valence-corrected chi connectivity index (χ3v) is 5.30. The topological polar surface area (TPSA) is 46.3 Å². The number of halogens is 2. The number of nitrogens with zero attached hydrogens (tertiary/aromatic N) is 1. The van der Waals surface area contributed by atoms with Gasteiger partial charge in [-0.05, 0) is 36.5 Å². The Morgan fingerprint density at radius 1 is 1.36 bits per heavy atom. The van der Waals surface area contributed by atoms with Gasteiger partial charge >= 0.3 is 0 Å². The van der Waals surface area contributed by atoms with E-state index < -0.39 is 0 Å². The third-order valence-electron chi connectivity index (χ3n) is 4.77. The minimum atomic E-state index is -0.388. The summed E-state index contributed by atoms with van der Waals surface area (Å²) in [4.78, 5) is 14.3. The van der Waals surface area contributed by atoms with E-state index in [0.717, 1.165) is 30.3 Å². The molecule has 124 valence electrons. The maximum absolute atomic E-state index is 12.4. The summed E-state index contributed by atoms with van der Waals surface area (Å²) in [6.45, 7) is 4.87. The molecule has 2 unspecified atom stereocenters. The first kappa shape index (κ1) is 19.5. The van der Waals surface area contributed by atoms with Crippen LogP contribution in [0.4, 0.5) is 0 Å². The van der Waals surface area contributed by atoms with Crippen LogP contribution in [-0.2, 0) is 10.2 Å². The van der Waals surface area contributed by atoms with E-state index >= 15 is 0 Å². The molecule has 5 heteroatoms. The van der Waals surface area contributed by atoms with Crippen LogP contribution in [0.5, 0.6) is 0 Å². The Balaban J connectivity index is 0.00000242. The molecule has 1 aliphatic rings. The Kier molecular flexibility index (Phi) is 6.90. The van der Waals surface area contributed by atoms with E-state index in [2.05, 4.69) is 47.1 Å². The largest absolute Gasteiger partial charge is 0.344 e. The fourth-order valence-corrected chi connectivity index (χ4v) is 3.04. The van der Waals surface area contributed by atoms with Crippen molar-refractivity contribution in [3.63, 3.8) is 0 Å². The molecule has 1 aromatic carbocycles. The molecule has 1 saturated carbocycles. The minimum absolute atomic E-state index is 0. The molecule has 0 saturated heterocycles. The molecular weight excluding hydrogens is 364 g/mol. The summed E-state index contributed by atoms with van der Waals surface area (Å²) in [5.74, 6) is 0.288. The van der Waals surface area contributed by atoms with Crippen LogP contribution in [0, 0.1) is 5.92 Å². The van der Waals surface area contributed by atoms with Crippen molar-refractivity contribution in [3.05, 3.63) is 34.3 Å². The van der Waals surface area contributed by atoms with Crippen molar-refractivity contribution in [3.8, 4) is 0 Å². The number of rotatable bonds is 6. The summed E-state index contributed by atoms with van der Waals surface area (Å²) >= 11 is 3.47. The molecule has 0 radical (unpaired) electrons. The number of hydrogen-bond donors (Lipinski definition) is 1. The molecular formula is C17H26BrClN2O. The maximum Gasteiger partial charge on any atom is 0.239 e. The minimum Gasteiger partial charge on any atom is -0.344 e. The van der Waals surface area contributed by atoms with Gasteiger partial charge in [0, 0.05) is 23.5 Å². The molecule has 2 rings (SSSR count). The SMILES string of the molecule is CCC(C)C(N)C(=O)N(C)CC1(c2ccc(Br)cc2)CC1.Cl. The summed E-state index contributed by atoms with van der Waals surface area (Å²) in [6.07, 6.45) is 3.22. The molecule has 0 spiro atoms. The number of carbonyl (C=O) groups is 1. The predicted molar refractivity (Wildman–Crippen MR) is 97.4 cm³/mol. The standard InChI is InChI=1S/C17H25BrN2O.ClH/c1-4-12(2)15(19)16(21)20(3)11-17(9-10-17)13-5-7-14(18)8-6-13;/h5-8,12,15H,4,9-11,19H2,1-3H3;1H. The molecule has 0 aromatic heterocycles. The lowest BCUT2D eigenvalue weighted by Crippen LogP contribution is -2.47. The van der Waals surface area contributed by atoms with Crippen molar-refractivity contribution in [1.29, 1.82) is 0 Å². The van der Waals surface area contributed by atoms with Crippen molar-refractivity contribution in [2.24, 2.45) is 11.7 Å². The van der Waals surface area contributed by atoms with Gasteiger partial charge in [0.05, 0.1) is 6.04 Å². The molecule has 1 aliphatic carbocycles. The Morgan fingerprint density at radius 3 is 2.36 bits per heavy atom. The fraction of sp³-hybridized carbons (Fsp3) is 0.588. The van der Waals surface area contributed by atoms with Gasteiger partial charge in [-0.15, -0.1) is 12.4 Å². The number of likely N-dealkylation sites (N-methyl/N-ethyl adjacent to an activating group) is 1. The van der Waals surface area contributed by atoms with Gasteiger partial charge in [-0.25, -0.2) is 0 Å². The van der Waals surface area contributed by atoms with Crippen LogP contribution in [0.15, 0.2) is 28.7 Å². The molecule has 1 amide bonds. The molecule has 3 nitrogen and oxygen atoms in total. The molecule has 1 aromatic rings. The van der Waals surface area contributed by atoms with Crippen LogP contribution in [0.2, 0.25) is 0 Å². The maximum atomic E-state index is 12.4. The highest BCUT2D eigenvalue weighted by Gasteiger charge is 2.46. The smallest absolute Gasteiger partial charge is 0.239 e. The zero-order valence-electron chi connectivity index (χ0n) is 13.5. The van der Waals surface area contributed by atoms with E-state index in [1.807, 2.05) is 18.9 Å². The predicted octanol–water partition coefficient (Wildman–Crippen LogP) is 3.73. The van der Waals surface area contributed by atoms with Gasteiger partial charge < -0.3 is 10.6 Å². The van der Waals surface area contributed by atoms with Crippen LogP contribution in [0.1, 0.15) is 38.7 Å². The Hall–Kier alpha value is -0.580. The van der Waals surface area contributed by atoms with Crippen molar-refractivity contribution < 1.29 is 4.79 Å². The van der Waals surface area contributed by atoms with E-state index in [0.29, 0.717) is 0 Å². The first-order valence-electron chi connectivity index (χ1n) is 7.66. The second-order valence-electron chi connectivity index (χ2n) is 6.39. The molecule has 22 heavy (non-hydrogen) atoms. The van der Waals surface area contributed by atoms with Gasteiger partial charge in [0.1, 0.15) is 0 Å². The highest BCUT2D eigenvalue weighted by Crippen LogP contribution is 2.48. The number of amides is 1. The van der Waals surface area contributed by atoms with Crippen molar-refractivity contribution in [2.75, 3.05) is 13.6 Å². The molecule has 2 atom stereocenters. The second-order valence-corrected chi connectivity index (χ2v) is 7.31. The van der Waals surface area contributed by atoms with E-state index in [9.17, 15) is 4.79 Å². The lowest BCUT2D eigenvalue weighted by atomic mass is 9.94. The second kappa shape index (κ2) is 7.80. The molecule has 2 N–H and O–H groups in total. The molecule has 0 bridgehead atoms. The average molecular weight is 390 g/mol. The van der Waals surface area contributed by atoms with Crippen LogP contribution in [-0.4, -0.2) is 30.4 Å². The van der Waals surface area contributed by atoms with Crippen molar-refractivity contribution in [1.82, 2.24) is 4.90 Å².